The third kappa shape index (κ3) is 5.38. The highest BCUT2D eigenvalue weighted by Crippen LogP contribution is 2.50. The molecule has 2 nitrogen and oxygen atoms in total. The van der Waals surface area contributed by atoms with Gasteiger partial charge in [0.15, 0.2) is 0 Å². The minimum atomic E-state index is -4.35. The van der Waals surface area contributed by atoms with E-state index in [0.29, 0.717) is 4.88 Å². The summed E-state index contributed by atoms with van der Waals surface area (Å²) in [6, 6.07) is 12.9. The number of aryl methyl sites for hydroxylation is 2. The molecule has 1 N–H and O–H groups in total. The first-order valence-corrected chi connectivity index (χ1v) is 11.8. The van der Waals surface area contributed by atoms with Crippen molar-refractivity contribution in [3.05, 3.63) is 75.0 Å². The molecule has 0 bridgehead atoms. The van der Waals surface area contributed by atoms with E-state index in [-0.39, 0.29) is 10.7 Å². The van der Waals surface area contributed by atoms with Crippen molar-refractivity contribution in [2.75, 3.05) is 0 Å². The van der Waals surface area contributed by atoms with Gasteiger partial charge in [-0.25, -0.2) is 4.79 Å². The second-order valence-electron chi connectivity index (χ2n) is 8.88. The molecule has 0 saturated heterocycles. The predicted octanol–water partition coefficient (Wildman–Crippen LogP) is 8.63. The molecule has 1 heterocycles. The first-order chi connectivity index (χ1) is 14.8. The zero-order chi connectivity index (χ0) is 23.8. The van der Waals surface area contributed by atoms with Gasteiger partial charge in [-0.2, -0.15) is 13.2 Å². The zero-order valence-corrected chi connectivity index (χ0v) is 20.1. The highest BCUT2D eigenvalue weighted by molar-refractivity contribution is 7.99. The molecule has 0 aliphatic heterocycles. The molecular weight excluding hydrogens is 453 g/mol. The van der Waals surface area contributed by atoms with E-state index in [2.05, 4.69) is 32.9 Å². The van der Waals surface area contributed by atoms with E-state index < -0.39 is 17.7 Å². The SMILES string of the molecule is Cc1cc(SC(c2ccc(C(=O)O)s2)C(C)(C)C)cc(C)c1-c1ccc(C(F)(F)F)cc1. The Morgan fingerprint density at radius 2 is 1.53 bits per heavy atom. The summed E-state index contributed by atoms with van der Waals surface area (Å²) in [5.41, 5.74) is 2.88. The van der Waals surface area contributed by atoms with Crippen molar-refractivity contribution in [1.29, 1.82) is 0 Å². The molecule has 0 saturated carbocycles. The fourth-order valence-corrected chi connectivity index (χ4v) is 6.35. The maximum absolute atomic E-state index is 12.9. The van der Waals surface area contributed by atoms with Gasteiger partial charge in [0, 0.05) is 15.0 Å². The second kappa shape index (κ2) is 8.94. The van der Waals surface area contributed by atoms with E-state index in [4.69, 9.17) is 0 Å². The number of aromatic carboxylic acids is 1. The van der Waals surface area contributed by atoms with Gasteiger partial charge < -0.3 is 5.11 Å². The maximum atomic E-state index is 12.9. The van der Waals surface area contributed by atoms with Crippen LogP contribution in [-0.2, 0) is 6.18 Å². The summed E-state index contributed by atoms with van der Waals surface area (Å²) in [7, 11) is 0. The van der Waals surface area contributed by atoms with E-state index in [1.54, 1.807) is 17.8 Å². The molecule has 3 rings (SSSR count). The highest BCUT2D eigenvalue weighted by atomic mass is 32.2. The van der Waals surface area contributed by atoms with Gasteiger partial charge in [0.25, 0.3) is 0 Å². The number of hydrogen-bond acceptors (Lipinski definition) is 3. The normalized spacial score (nSPS) is 13.2. The lowest BCUT2D eigenvalue weighted by atomic mass is 9.91. The number of halogens is 3. The lowest BCUT2D eigenvalue weighted by Crippen LogP contribution is -2.14. The number of rotatable bonds is 5. The van der Waals surface area contributed by atoms with E-state index >= 15 is 0 Å². The number of carboxylic acid groups (broad SMARTS) is 1. The van der Waals surface area contributed by atoms with Gasteiger partial charge in [0.2, 0.25) is 0 Å². The molecule has 1 unspecified atom stereocenters. The van der Waals surface area contributed by atoms with Crippen LogP contribution in [0.25, 0.3) is 11.1 Å². The van der Waals surface area contributed by atoms with Gasteiger partial charge in [0.05, 0.1) is 5.56 Å². The Hall–Kier alpha value is -2.25. The van der Waals surface area contributed by atoms with Gasteiger partial charge in [-0.3, -0.25) is 0 Å². The molecule has 1 aromatic heterocycles. The van der Waals surface area contributed by atoms with E-state index in [1.165, 1.54) is 23.5 Å². The average Bonchev–Trinajstić information content (AvgIpc) is 3.14. The Morgan fingerprint density at radius 3 is 1.97 bits per heavy atom. The van der Waals surface area contributed by atoms with Crippen LogP contribution in [0.5, 0.6) is 0 Å². The van der Waals surface area contributed by atoms with Crippen LogP contribution in [0.2, 0.25) is 0 Å². The maximum Gasteiger partial charge on any atom is 0.416 e. The Balaban J connectivity index is 1.94. The van der Waals surface area contributed by atoms with Crippen molar-refractivity contribution in [1.82, 2.24) is 0 Å². The zero-order valence-electron chi connectivity index (χ0n) is 18.5. The van der Waals surface area contributed by atoms with Crippen LogP contribution in [0.3, 0.4) is 0 Å². The number of thioether (sulfide) groups is 1. The van der Waals surface area contributed by atoms with Crippen LogP contribution in [0.4, 0.5) is 13.2 Å². The van der Waals surface area contributed by atoms with E-state index in [1.807, 2.05) is 19.9 Å². The third-order valence-corrected chi connectivity index (χ3v) is 8.14. The lowest BCUT2D eigenvalue weighted by Gasteiger charge is -2.30. The van der Waals surface area contributed by atoms with Gasteiger partial charge >= 0.3 is 12.1 Å². The molecule has 32 heavy (non-hydrogen) atoms. The summed E-state index contributed by atoms with van der Waals surface area (Å²) < 4.78 is 38.7. The molecule has 0 aliphatic rings. The predicted molar refractivity (Wildman–Crippen MR) is 126 cm³/mol. The lowest BCUT2D eigenvalue weighted by molar-refractivity contribution is -0.137. The summed E-state index contributed by atoms with van der Waals surface area (Å²) in [6.07, 6.45) is -4.35. The molecule has 0 amide bonds. The van der Waals surface area contributed by atoms with Gasteiger partial charge in [-0.15, -0.1) is 23.1 Å². The molecule has 0 spiro atoms. The average molecular weight is 479 g/mol. The summed E-state index contributed by atoms with van der Waals surface area (Å²) >= 11 is 2.98. The molecule has 7 heteroatoms. The molecule has 170 valence electrons. The molecular formula is C25H25F3O2S2. The van der Waals surface area contributed by atoms with Crippen LogP contribution in [0.1, 0.15) is 57.3 Å². The highest BCUT2D eigenvalue weighted by Gasteiger charge is 2.31. The van der Waals surface area contributed by atoms with E-state index in [0.717, 1.165) is 44.2 Å². The topological polar surface area (TPSA) is 37.3 Å². The Morgan fingerprint density at radius 1 is 0.969 bits per heavy atom. The van der Waals surface area contributed by atoms with Crippen LogP contribution < -0.4 is 0 Å². The fourth-order valence-electron chi connectivity index (χ4n) is 3.68. The summed E-state index contributed by atoms with van der Waals surface area (Å²) in [5, 5.41) is 9.34. The Kier molecular flexibility index (Phi) is 6.82. The van der Waals surface area contributed by atoms with Crippen molar-refractivity contribution < 1.29 is 23.1 Å². The molecule has 0 aliphatic carbocycles. The summed E-state index contributed by atoms with van der Waals surface area (Å²) in [4.78, 5) is 13.7. The van der Waals surface area contributed by atoms with Crippen molar-refractivity contribution in [3.63, 3.8) is 0 Å². The van der Waals surface area contributed by atoms with Crippen molar-refractivity contribution >= 4 is 29.1 Å². The molecule has 2 aromatic carbocycles. The van der Waals surface area contributed by atoms with Crippen LogP contribution in [0, 0.1) is 19.3 Å². The quantitative estimate of drug-likeness (QED) is 0.373. The number of alkyl halides is 3. The van der Waals surface area contributed by atoms with Crippen molar-refractivity contribution in [3.8, 4) is 11.1 Å². The van der Waals surface area contributed by atoms with E-state index in [9.17, 15) is 23.1 Å². The third-order valence-electron chi connectivity index (χ3n) is 5.14. The minimum Gasteiger partial charge on any atom is -0.477 e. The molecule has 0 fully saturated rings. The Labute approximate surface area is 194 Å². The number of benzene rings is 2. The first kappa shape index (κ1) is 24.4. The summed E-state index contributed by atoms with van der Waals surface area (Å²) in [5.74, 6) is -0.925. The Bertz CT molecular complexity index is 1100. The van der Waals surface area contributed by atoms with Gasteiger partial charge in [0.1, 0.15) is 4.88 Å². The molecule has 1 atom stereocenters. The molecule has 3 aromatic rings. The van der Waals surface area contributed by atoms with Gasteiger partial charge in [-0.05, 0) is 77.9 Å². The van der Waals surface area contributed by atoms with Crippen LogP contribution >= 0.6 is 23.1 Å². The molecule has 0 radical (unpaired) electrons. The fraction of sp³-hybridized carbons (Fsp3) is 0.320. The monoisotopic (exact) mass is 478 g/mol. The first-order valence-electron chi connectivity index (χ1n) is 10.1. The number of carboxylic acids is 1. The number of hydrogen-bond donors (Lipinski definition) is 1. The van der Waals surface area contributed by atoms with Crippen LogP contribution in [0.15, 0.2) is 53.4 Å². The van der Waals surface area contributed by atoms with Gasteiger partial charge in [-0.1, -0.05) is 32.9 Å². The summed E-state index contributed by atoms with van der Waals surface area (Å²) in [6.45, 7) is 10.3. The number of carbonyl (C=O) groups is 1. The minimum absolute atomic E-state index is 0.0521. The van der Waals surface area contributed by atoms with Crippen LogP contribution in [-0.4, -0.2) is 11.1 Å². The standard InChI is InChI=1S/C25H25F3O2S2/c1-14-12-18(31-22(24(3,4)5)19-10-11-20(32-19)23(29)30)13-15(2)21(14)16-6-8-17(9-7-16)25(26,27)28/h6-13,22H,1-5H3,(H,29,30). The van der Waals surface area contributed by atoms with Crippen molar-refractivity contribution in [2.45, 2.75) is 50.9 Å². The number of thiophene rings is 1. The smallest absolute Gasteiger partial charge is 0.416 e. The largest absolute Gasteiger partial charge is 0.477 e. The van der Waals surface area contributed by atoms with Crippen molar-refractivity contribution in [2.24, 2.45) is 5.41 Å². The second-order valence-corrected chi connectivity index (χ2v) is 11.2.